The van der Waals surface area contributed by atoms with Gasteiger partial charge < -0.3 is 21.3 Å². The molecule has 4 N–H and O–H groups in total. The van der Waals surface area contributed by atoms with Crippen LogP contribution in [0.5, 0.6) is 0 Å². The van der Waals surface area contributed by atoms with E-state index in [-0.39, 0.29) is 18.2 Å². The van der Waals surface area contributed by atoms with Gasteiger partial charge in [0, 0.05) is 49.5 Å². The fourth-order valence-corrected chi connectivity index (χ4v) is 3.71. The van der Waals surface area contributed by atoms with E-state index in [0.717, 1.165) is 30.0 Å². The number of nitrogens with zero attached hydrogens (tertiary/aromatic N) is 1. The number of hydrogen-bond donors (Lipinski definition) is 3. The van der Waals surface area contributed by atoms with Gasteiger partial charge in [0.15, 0.2) is 0 Å². The van der Waals surface area contributed by atoms with Gasteiger partial charge in [-0.25, -0.2) is 0 Å². The number of primary amides is 1. The quantitative estimate of drug-likeness (QED) is 0.561. The summed E-state index contributed by atoms with van der Waals surface area (Å²) in [4.78, 5) is 25.0. The highest BCUT2D eigenvalue weighted by Gasteiger charge is 2.25. The Hall–Kier alpha value is -3.02. The molecule has 1 heterocycles. The Bertz CT molecular complexity index is 865. The van der Waals surface area contributed by atoms with Crippen molar-refractivity contribution in [1.29, 1.82) is 0 Å². The molecule has 2 amide bonds. The van der Waals surface area contributed by atoms with Crippen molar-refractivity contribution >= 4 is 28.9 Å². The molecule has 0 atom stereocenters. The third-order valence-electron chi connectivity index (χ3n) is 5.91. The largest absolute Gasteiger partial charge is 0.371 e. The number of anilines is 3. The summed E-state index contributed by atoms with van der Waals surface area (Å²) < 4.78 is 0. The third-order valence-corrected chi connectivity index (χ3v) is 5.91. The molecule has 0 saturated carbocycles. The summed E-state index contributed by atoms with van der Waals surface area (Å²) in [6.07, 6.45) is 3.50. The van der Waals surface area contributed by atoms with Crippen molar-refractivity contribution in [1.82, 2.24) is 5.32 Å². The number of nitrogens with two attached hydrogens (primary N) is 1. The number of hydrogen-bond acceptors (Lipinski definition) is 4. The first-order valence-electron chi connectivity index (χ1n) is 11.1. The van der Waals surface area contributed by atoms with E-state index in [2.05, 4.69) is 53.6 Å². The molecule has 166 valence electrons. The number of amides is 2. The van der Waals surface area contributed by atoms with Crippen LogP contribution in [0.15, 0.2) is 48.5 Å². The number of nitrogens with one attached hydrogen (secondary N) is 2. The summed E-state index contributed by atoms with van der Waals surface area (Å²) in [5, 5.41) is 6.30. The lowest BCUT2D eigenvalue weighted by Crippen LogP contribution is -2.37. The molecular formula is C25H34N4O2. The molecule has 3 rings (SSSR count). The van der Waals surface area contributed by atoms with Gasteiger partial charge in [0.05, 0.1) is 0 Å². The predicted octanol–water partition coefficient (Wildman–Crippen LogP) is 4.33. The second-order valence-electron chi connectivity index (χ2n) is 9.12. The highest BCUT2D eigenvalue weighted by Crippen LogP contribution is 2.32. The summed E-state index contributed by atoms with van der Waals surface area (Å²) in [7, 11) is 0. The lowest BCUT2D eigenvalue weighted by molar-refractivity contribution is -0.121. The fraction of sp³-hybridized carbons (Fsp3) is 0.440. The summed E-state index contributed by atoms with van der Waals surface area (Å²) in [6, 6.07) is 16.6. The monoisotopic (exact) mass is 422 g/mol. The Morgan fingerprint density at radius 1 is 0.935 bits per heavy atom. The van der Waals surface area contributed by atoms with Crippen LogP contribution in [0, 0.1) is 5.41 Å². The van der Waals surface area contributed by atoms with Crippen LogP contribution in [0.4, 0.5) is 17.1 Å². The SMILES string of the molecule is CC1(C)CCN(c2ccc(Nc3ccc(CNC(=O)CCCC(N)=O)cc3)cc2)CC1. The summed E-state index contributed by atoms with van der Waals surface area (Å²) in [5.41, 5.74) is 9.90. The standard InChI is InChI=1S/C25H34N4O2/c1-25(2)14-16-29(17-15-25)22-12-10-21(11-13-22)28-20-8-6-19(7-9-20)18-27-24(31)5-3-4-23(26)30/h6-13,28H,3-5,14-18H2,1-2H3,(H2,26,30)(H,27,31). The molecular weight excluding hydrogens is 388 g/mol. The summed E-state index contributed by atoms with van der Waals surface area (Å²) >= 11 is 0. The van der Waals surface area contributed by atoms with Gasteiger partial charge in [-0.2, -0.15) is 0 Å². The molecule has 31 heavy (non-hydrogen) atoms. The molecule has 0 bridgehead atoms. The van der Waals surface area contributed by atoms with Crippen molar-refractivity contribution < 1.29 is 9.59 Å². The maximum atomic E-state index is 11.8. The molecule has 0 aliphatic carbocycles. The molecule has 0 unspecified atom stereocenters. The van der Waals surface area contributed by atoms with Crippen LogP contribution in [-0.4, -0.2) is 24.9 Å². The number of carbonyl (C=O) groups excluding carboxylic acids is 2. The van der Waals surface area contributed by atoms with Crippen LogP contribution in [0.3, 0.4) is 0 Å². The molecule has 1 aliphatic heterocycles. The molecule has 0 aromatic heterocycles. The topological polar surface area (TPSA) is 87.5 Å². The average molecular weight is 423 g/mol. The molecule has 0 spiro atoms. The third kappa shape index (κ3) is 7.31. The van der Waals surface area contributed by atoms with E-state index in [1.54, 1.807) is 0 Å². The van der Waals surface area contributed by atoms with E-state index < -0.39 is 0 Å². The number of benzene rings is 2. The van der Waals surface area contributed by atoms with Crippen molar-refractivity contribution in [2.45, 2.75) is 52.5 Å². The molecule has 6 heteroatoms. The highest BCUT2D eigenvalue weighted by atomic mass is 16.2. The molecule has 1 fully saturated rings. The van der Waals surface area contributed by atoms with Gasteiger partial charge >= 0.3 is 0 Å². The Balaban J connectivity index is 1.45. The van der Waals surface area contributed by atoms with Gasteiger partial charge in [-0.15, -0.1) is 0 Å². The van der Waals surface area contributed by atoms with Crippen molar-refractivity contribution in [2.75, 3.05) is 23.3 Å². The number of piperidine rings is 1. The first kappa shape index (κ1) is 22.7. The zero-order valence-corrected chi connectivity index (χ0v) is 18.6. The van der Waals surface area contributed by atoms with Crippen molar-refractivity contribution in [2.24, 2.45) is 11.1 Å². The summed E-state index contributed by atoms with van der Waals surface area (Å²) in [5.74, 6) is -0.443. The Morgan fingerprint density at radius 3 is 2.10 bits per heavy atom. The lowest BCUT2D eigenvalue weighted by atomic mass is 9.82. The molecule has 0 radical (unpaired) electrons. The van der Waals surface area contributed by atoms with E-state index in [1.165, 1.54) is 18.5 Å². The van der Waals surface area contributed by atoms with Crippen LogP contribution in [0.2, 0.25) is 0 Å². The van der Waals surface area contributed by atoms with E-state index in [1.807, 2.05) is 24.3 Å². The van der Waals surface area contributed by atoms with Crippen LogP contribution in [-0.2, 0) is 16.1 Å². The second kappa shape index (κ2) is 10.3. The molecule has 1 saturated heterocycles. The van der Waals surface area contributed by atoms with Gasteiger partial charge in [-0.05, 0) is 66.6 Å². The molecule has 1 aliphatic rings. The zero-order valence-electron chi connectivity index (χ0n) is 18.6. The Kier molecular flexibility index (Phi) is 7.55. The second-order valence-corrected chi connectivity index (χ2v) is 9.12. The van der Waals surface area contributed by atoms with E-state index in [0.29, 0.717) is 24.8 Å². The van der Waals surface area contributed by atoms with Gasteiger partial charge in [0.25, 0.3) is 0 Å². The van der Waals surface area contributed by atoms with Crippen LogP contribution in [0.1, 0.15) is 51.5 Å². The predicted molar refractivity (Wildman–Crippen MR) is 126 cm³/mol. The van der Waals surface area contributed by atoms with Crippen molar-refractivity contribution in [3.63, 3.8) is 0 Å². The normalized spacial score (nSPS) is 15.4. The molecule has 2 aromatic rings. The Morgan fingerprint density at radius 2 is 1.52 bits per heavy atom. The lowest BCUT2D eigenvalue weighted by Gasteiger charge is -2.38. The average Bonchev–Trinajstić information content (AvgIpc) is 2.74. The van der Waals surface area contributed by atoms with Crippen molar-refractivity contribution in [3.8, 4) is 0 Å². The highest BCUT2D eigenvalue weighted by molar-refractivity contribution is 5.78. The number of carbonyl (C=O) groups is 2. The van der Waals surface area contributed by atoms with Crippen LogP contribution in [0.25, 0.3) is 0 Å². The first-order chi connectivity index (χ1) is 14.8. The van der Waals surface area contributed by atoms with Crippen molar-refractivity contribution in [3.05, 3.63) is 54.1 Å². The minimum absolute atomic E-state index is 0.0687. The van der Waals surface area contributed by atoms with E-state index in [9.17, 15) is 9.59 Å². The smallest absolute Gasteiger partial charge is 0.220 e. The maximum Gasteiger partial charge on any atom is 0.220 e. The maximum absolute atomic E-state index is 11.8. The summed E-state index contributed by atoms with van der Waals surface area (Å²) in [6.45, 7) is 7.40. The van der Waals surface area contributed by atoms with E-state index in [4.69, 9.17) is 5.73 Å². The zero-order chi connectivity index (χ0) is 22.3. The van der Waals surface area contributed by atoms with Crippen LogP contribution >= 0.6 is 0 Å². The molecule has 6 nitrogen and oxygen atoms in total. The van der Waals surface area contributed by atoms with Crippen LogP contribution < -0.4 is 21.3 Å². The number of rotatable bonds is 9. The minimum atomic E-state index is -0.374. The minimum Gasteiger partial charge on any atom is -0.371 e. The van der Waals surface area contributed by atoms with Gasteiger partial charge in [0.1, 0.15) is 0 Å². The van der Waals surface area contributed by atoms with Gasteiger partial charge in [-0.1, -0.05) is 26.0 Å². The van der Waals surface area contributed by atoms with E-state index >= 15 is 0 Å². The fourth-order valence-electron chi connectivity index (χ4n) is 3.71. The first-order valence-corrected chi connectivity index (χ1v) is 11.1. The van der Waals surface area contributed by atoms with Gasteiger partial charge in [-0.3, -0.25) is 9.59 Å². The molecule has 2 aromatic carbocycles. The Labute approximate surface area is 185 Å². The van der Waals surface area contributed by atoms with Gasteiger partial charge in [0.2, 0.25) is 11.8 Å².